The van der Waals surface area contributed by atoms with E-state index in [1.807, 2.05) is 35.3 Å². The zero-order valence-electron chi connectivity index (χ0n) is 23.8. The number of fused-ring (bicyclic) bond motifs is 3. The maximum Gasteiger partial charge on any atom is 0.459 e. The molecule has 0 aliphatic carbocycles. The predicted molar refractivity (Wildman–Crippen MR) is 155 cm³/mol. The maximum atomic E-state index is 15.7. The molecule has 0 amide bonds. The number of H-pyrrole nitrogens is 2. The van der Waals surface area contributed by atoms with Crippen molar-refractivity contribution < 1.29 is 37.4 Å². The Morgan fingerprint density at radius 3 is 2.58 bits per heavy atom. The van der Waals surface area contributed by atoms with E-state index in [9.17, 15) is 24.1 Å². The molecule has 1 aliphatic heterocycles. The van der Waals surface area contributed by atoms with Gasteiger partial charge in [0.05, 0.1) is 18.2 Å². The van der Waals surface area contributed by atoms with Gasteiger partial charge in [0.1, 0.15) is 24.0 Å². The van der Waals surface area contributed by atoms with Crippen LogP contribution in [0.25, 0.3) is 21.8 Å². The number of nitrogens with zero attached hydrogens (tertiary/aromatic N) is 1. The van der Waals surface area contributed by atoms with Crippen LogP contribution in [-0.2, 0) is 23.4 Å². The molecule has 0 bridgehead atoms. The van der Waals surface area contributed by atoms with Crippen LogP contribution in [0.5, 0.6) is 5.75 Å². The van der Waals surface area contributed by atoms with Crippen molar-refractivity contribution in [1.82, 2.24) is 19.6 Å². The Kier molecular flexibility index (Phi) is 8.34. The van der Waals surface area contributed by atoms with Crippen molar-refractivity contribution in [2.45, 2.75) is 63.9 Å². The third-order valence-corrected chi connectivity index (χ3v) is 8.63. The van der Waals surface area contributed by atoms with E-state index < -0.39 is 67.8 Å². The fourth-order valence-electron chi connectivity index (χ4n) is 4.92. The third-order valence-electron chi connectivity index (χ3n) is 7.00. The number of rotatable bonds is 10. The summed E-state index contributed by atoms with van der Waals surface area (Å²) in [5.74, 6) is -0.560. The second-order valence-electron chi connectivity index (χ2n) is 10.7. The number of esters is 1. The molecule has 43 heavy (non-hydrogen) atoms. The molecule has 0 radical (unpaired) electrons. The number of alkyl halides is 1. The first kappa shape index (κ1) is 30.6. The van der Waals surface area contributed by atoms with Crippen molar-refractivity contribution in [3.63, 3.8) is 0 Å². The Bertz CT molecular complexity index is 1820. The second-order valence-corrected chi connectivity index (χ2v) is 12.4. The summed E-state index contributed by atoms with van der Waals surface area (Å²) in [7, 11) is -4.48. The number of hydrogen-bond donors (Lipinski definition) is 4. The van der Waals surface area contributed by atoms with Gasteiger partial charge in [0.2, 0.25) is 0 Å². The van der Waals surface area contributed by atoms with Gasteiger partial charge in [-0.25, -0.2) is 13.8 Å². The lowest BCUT2D eigenvalue weighted by molar-refractivity contribution is -0.149. The molecule has 4 aromatic rings. The van der Waals surface area contributed by atoms with Crippen molar-refractivity contribution in [3.8, 4) is 5.75 Å². The van der Waals surface area contributed by atoms with Crippen molar-refractivity contribution in [3.05, 3.63) is 75.6 Å². The molecule has 5 rings (SSSR count). The minimum absolute atomic E-state index is 0.163. The number of aliphatic hydroxyl groups is 1. The molecular formula is C28H32FN4O9P. The quantitative estimate of drug-likeness (QED) is 0.153. The zero-order chi connectivity index (χ0) is 31.1. The van der Waals surface area contributed by atoms with Crippen molar-refractivity contribution >= 4 is 35.5 Å². The number of halogens is 1. The van der Waals surface area contributed by atoms with Crippen LogP contribution in [0.3, 0.4) is 0 Å². The van der Waals surface area contributed by atoms with E-state index in [-0.39, 0.29) is 5.75 Å². The number of aromatic amines is 2. The number of carbonyl (C=O) groups is 1. The SMILES string of the molecule is CC(C)OC(=O)C(C)NP(=O)(OCC1OC(n2ccc(=O)[nH]c2=O)C(C)(F)C1O)Oc1cccc2[nH]c3ccccc3c12. The Balaban J connectivity index is 1.45. The smallest absolute Gasteiger partial charge is 0.459 e. The van der Waals surface area contributed by atoms with Gasteiger partial charge in [-0.05, 0) is 45.9 Å². The lowest BCUT2D eigenvalue weighted by Crippen LogP contribution is -2.43. The van der Waals surface area contributed by atoms with Crippen molar-refractivity contribution in [1.29, 1.82) is 0 Å². The van der Waals surface area contributed by atoms with E-state index in [0.717, 1.165) is 34.7 Å². The van der Waals surface area contributed by atoms with Gasteiger partial charge in [-0.2, -0.15) is 5.09 Å². The molecule has 0 saturated carbocycles. The summed E-state index contributed by atoms with van der Waals surface area (Å²) in [6, 6.07) is 12.3. The normalized spacial score (nSPS) is 24.3. The highest BCUT2D eigenvalue weighted by Crippen LogP contribution is 2.49. The van der Waals surface area contributed by atoms with Gasteiger partial charge in [0, 0.05) is 28.6 Å². The molecule has 15 heteroatoms. The summed E-state index contributed by atoms with van der Waals surface area (Å²) in [5.41, 5.74) is -2.66. The average Bonchev–Trinajstić information content (AvgIpc) is 3.42. The first-order valence-electron chi connectivity index (χ1n) is 13.5. The van der Waals surface area contributed by atoms with Crippen LogP contribution in [0.4, 0.5) is 4.39 Å². The fourth-order valence-corrected chi connectivity index (χ4v) is 6.44. The van der Waals surface area contributed by atoms with Gasteiger partial charge in [-0.15, -0.1) is 0 Å². The Hall–Kier alpha value is -3.81. The summed E-state index contributed by atoms with van der Waals surface area (Å²) in [5, 5.41) is 14.7. The third kappa shape index (κ3) is 6.15. The number of aliphatic hydroxyl groups excluding tert-OH is 1. The molecule has 13 nitrogen and oxygen atoms in total. The van der Waals surface area contributed by atoms with E-state index in [0.29, 0.717) is 10.9 Å². The standard InChI is InChI=1S/C28H32FN4O9P/c1-15(2)40-25(36)16(3)32-43(38,42-20-11-7-10-19-23(20)17-8-5-6-9-18(17)30-19)39-14-21-24(35)28(4,29)26(41-21)33-13-12-22(34)31-27(33)37/h5-13,15-16,21,24,26,30,35H,14H2,1-4H3,(H,32,38)(H,31,34,37). The lowest BCUT2D eigenvalue weighted by Gasteiger charge is -2.25. The largest absolute Gasteiger partial charge is 0.462 e. The van der Waals surface area contributed by atoms with Crippen LogP contribution >= 0.6 is 7.75 Å². The molecule has 0 spiro atoms. The van der Waals surface area contributed by atoms with E-state index in [1.165, 1.54) is 6.92 Å². The monoisotopic (exact) mass is 618 g/mol. The molecule has 3 heterocycles. The van der Waals surface area contributed by atoms with Gasteiger partial charge in [-0.1, -0.05) is 24.3 Å². The highest BCUT2D eigenvalue weighted by molar-refractivity contribution is 7.52. The van der Waals surface area contributed by atoms with Crippen LogP contribution in [0.1, 0.15) is 33.9 Å². The van der Waals surface area contributed by atoms with Crippen molar-refractivity contribution in [2.24, 2.45) is 0 Å². The highest BCUT2D eigenvalue weighted by Gasteiger charge is 2.56. The van der Waals surface area contributed by atoms with Crippen LogP contribution in [0.2, 0.25) is 0 Å². The fraction of sp³-hybridized carbons (Fsp3) is 0.393. The van der Waals surface area contributed by atoms with Gasteiger partial charge in [0.25, 0.3) is 5.56 Å². The second kappa shape index (κ2) is 11.7. The van der Waals surface area contributed by atoms with Crippen LogP contribution in [0.15, 0.2) is 64.3 Å². The Morgan fingerprint density at radius 1 is 1.14 bits per heavy atom. The van der Waals surface area contributed by atoms with Crippen molar-refractivity contribution in [2.75, 3.05) is 6.61 Å². The van der Waals surface area contributed by atoms with Crippen LogP contribution in [0, 0.1) is 0 Å². The predicted octanol–water partition coefficient (Wildman–Crippen LogP) is 3.29. The number of ether oxygens (including phenoxy) is 2. The van der Waals surface area contributed by atoms with E-state index in [1.54, 1.807) is 26.0 Å². The van der Waals surface area contributed by atoms with Gasteiger partial charge < -0.3 is 24.1 Å². The maximum absolute atomic E-state index is 15.7. The summed E-state index contributed by atoms with van der Waals surface area (Å²) < 4.78 is 53.3. The first-order valence-corrected chi connectivity index (χ1v) is 15.1. The number of benzene rings is 2. The number of aromatic nitrogens is 3. The summed E-state index contributed by atoms with van der Waals surface area (Å²) >= 11 is 0. The number of hydrogen-bond acceptors (Lipinski definition) is 9. The molecular weight excluding hydrogens is 586 g/mol. The molecule has 230 valence electrons. The number of nitrogens with one attached hydrogen (secondary N) is 3. The molecule has 4 N–H and O–H groups in total. The van der Waals surface area contributed by atoms with Gasteiger partial charge in [0.15, 0.2) is 11.9 Å². The molecule has 6 unspecified atom stereocenters. The summed E-state index contributed by atoms with van der Waals surface area (Å²) in [4.78, 5) is 41.7. The van der Waals surface area contributed by atoms with Gasteiger partial charge in [-0.3, -0.25) is 23.7 Å². The summed E-state index contributed by atoms with van der Waals surface area (Å²) in [6.45, 7) is 5.08. The Labute approximate surface area is 244 Å². The minimum atomic E-state index is -4.48. The summed E-state index contributed by atoms with van der Waals surface area (Å²) in [6.07, 6.45) is -4.33. The van der Waals surface area contributed by atoms with E-state index in [4.69, 9.17) is 18.5 Å². The van der Waals surface area contributed by atoms with E-state index in [2.05, 4.69) is 10.1 Å². The molecule has 6 atom stereocenters. The topological polar surface area (TPSA) is 174 Å². The molecule has 2 aromatic carbocycles. The van der Waals surface area contributed by atoms with Crippen LogP contribution in [-0.4, -0.2) is 62.2 Å². The molecule has 1 fully saturated rings. The molecule has 1 aliphatic rings. The first-order chi connectivity index (χ1) is 20.3. The highest BCUT2D eigenvalue weighted by atomic mass is 31.2. The van der Waals surface area contributed by atoms with E-state index >= 15 is 4.39 Å². The van der Waals surface area contributed by atoms with Gasteiger partial charge >= 0.3 is 19.4 Å². The Morgan fingerprint density at radius 2 is 1.86 bits per heavy atom. The van der Waals surface area contributed by atoms with Crippen LogP contribution < -0.4 is 20.9 Å². The molecule has 2 aromatic heterocycles. The lowest BCUT2D eigenvalue weighted by atomic mass is 9.98. The average molecular weight is 619 g/mol. The zero-order valence-corrected chi connectivity index (χ0v) is 24.7. The minimum Gasteiger partial charge on any atom is -0.462 e. The number of carbonyl (C=O) groups excluding carboxylic acids is 1. The molecule has 1 saturated heterocycles. The number of para-hydroxylation sites is 1.